The third kappa shape index (κ3) is 4.99. The van der Waals surface area contributed by atoms with Gasteiger partial charge in [-0.3, -0.25) is 4.79 Å². The van der Waals surface area contributed by atoms with Gasteiger partial charge in [0.1, 0.15) is 5.75 Å². The first-order valence-corrected chi connectivity index (χ1v) is 8.65. The zero-order valence-electron chi connectivity index (χ0n) is 15.3. The molecular formula is C20H22ClNO4. The molecule has 1 unspecified atom stereocenters. The number of halogens is 1. The summed E-state index contributed by atoms with van der Waals surface area (Å²) >= 11 is 5.99. The predicted molar refractivity (Wildman–Crippen MR) is 102 cm³/mol. The summed E-state index contributed by atoms with van der Waals surface area (Å²) in [4.78, 5) is 24.3. The minimum absolute atomic E-state index is 0.190. The minimum atomic E-state index is -0.659. The summed E-state index contributed by atoms with van der Waals surface area (Å²) in [6, 6.07) is 10.5. The van der Waals surface area contributed by atoms with Crippen molar-refractivity contribution in [1.29, 1.82) is 0 Å². The van der Waals surface area contributed by atoms with Crippen molar-refractivity contribution < 1.29 is 19.1 Å². The first kappa shape index (κ1) is 19.8. The summed E-state index contributed by atoms with van der Waals surface area (Å²) in [7, 11) is 1.27. The summed E-state index contributed by atoms with van der Waals surface area (Å²) in [6.45, 7) is 5.82. The molecule has 0 radical (unpaired) electrons. The van der Waals surface area contributed by atoms with E-state index < -0.39 is 12.1 Å². The Morgan fingerprint density at radius 1 is 1.12 bits per heavy atom. The lowest BCUT2D eigenvalue weighted by Gasteiger charge is -2.18. The number of amides is 1. The monoisotopic (exact) mass is 375 g/mol. The third-order valence-corrected chi connectivity index (χ3v) is 4.11. The summed E-state index contributed by atoms with van der Waals surface area (Å²) in [5.41, 5.74) is 2.77. The maximum absolute atomic E-state index is 12.6. The normalized spacial score (nSPS) is 11.6. The van der Waals surface area contributed by atoms with Gasteiger partial charge in [0.05, 0.1) is 17.7 Å². The highest BCUT2D eigenvalue weighted by atomic mass is 35.5. The summed E-state index contributed by atoms with van der Waals surface area (Å²) in [5, 5.41) is 3.02. The van der Waals surface area contributed by atoms with E-state index in [1.807, 2.05) is 39.0 Å². The number of esters is 1. The molecule has 0 aliphatic heterocycles. The van der Waals surface area contributed by atoms with E-state index in [0.29, 0.717) is 17.9 Å². The fourth-order valence-corrected chi connectivity index (χ4v) is 2.77. The average Bonchev–Trinajstić information content (AvgIpc) is 2.59. The maximum atomic E-state index is 12.6. The van der Waals surface area contributed by atoms with Crippen LogP contribution in [0.2, 0.25) is 5.02 Å². The molecule has 1 N–H and O–H groups in total. The number of nitrogens with one attached hydrogen (secondary N) is 1. The van der Waals surface area contributed by atoms with Gasteiger partial charge in [-0.2, -0.15) is 0 Å². The van der Waals surface area contributed by atoms with Gasteiger partial charge in [0, 0.05) is 5.69 Å². The highest BCUT2D eigenvalue weighted by Gasteiger charge is 2.20. The molecule has 1 amide bonds. The number of methoxy groups -OCH3 is 1. The molecule has 0 bridgehead atoms. The molecule has 0 heterocycles. The molecule has 5 nitrogen and oxygen atoms in total. The van der Waals surface area contributed by atoms with Crippen LogP contribution in [0.5, 0.6) is 5.75 Å². The summed E-state index contributed by atoms with van der Waals surface area (Å²) in [6.07, 6.45) is -0.163. The molecule has 0 aliphatic carbocycles. The van der Waals surface area contributed by atoms with Crippen molar-refractivity contribution in [2.24, 2.45) is 0 Å². The fourth-order valence-electron chi connectivity index (χ4n) is 2.58. The van der Waals surface area contributed by atoms with E-state index in [1.165, 1.54) is 19.2 Å². The van der Waals surface area contributed by atoms with Crippen LogP contribution in [0.25, 0.3) is 0 Å². The molecule has 0 saturated heterocycles. The second-order valence-corrected chi connectivity index (χ2v) is 6.42. The van der Waals surface area contributed by atoms with E-state index in [4.69, 9.17) is 16.3 Å². The van der Waals surface area contributed by atoms with Gasteiger partial charge in [0.25, 0.3) is 5.91 Å². The molecule has 138 valence electrons. The number of hydrogen-bond donors (Lipinski definition) is 1. The first-order valence-electron chi connectivity index (χ1n) is 8.27. The van der Waals surface area contributed by atoms with Gasteiger partial charge in [-0.05, 0) is 61.7 Å². The van der Waals surface area contributed by atoms with Crippen molar-refractivity contribution in [1.82, 2.24) is 0 Å². The van der Waals surface area contributed by atoms with Gasteiger partial charge in [-0.1, -0.05) is 24.6 Å². The van der Waals surface area contributed by atoms with E-state index in [2.05, 4.69) is 10.1 Å². The van der Waals surface area contributed by atoms with Gasteiger partial charge < -0.3 is 14.8 Å². The smallest absolute Gasteiger partial charge is 0.339 e. The average molecular weight is 376 g/mol. The molecule has 0 fully saturated rings. The maximum Gasteiger partial charge on any atom is 0.339 e. The molecule has 2 aromatic carbocycles. The number of rotatable bonds is 6. The Balaban J connectivity index is 2.15. The quantitative estimate of drug-likeness (QED) is 0.753. The van der Waals surface area contributed by atoms with E-state index in [-0.39, 0.29) is 16.5 Å². The van der Waals surface area contributed by atoms with Crippen LogP contribution in [0.3, 0.4) is 0 Å². The zero-order chi connectivity index (χ0) is 19.3. The molecule has 0 spiro atoms. The van der Waals surface area contributed by atoms with Crippen LogP contribution in [-0.4, -0.2) is 25.1 Å². The van der Waals surface area contributed by atoms with Crippen molar-refractivity contribution in [2.75, 3.05) is 12.4 Å². The van der Waals surface area contributed by atoms with Crippen molar-refractivity contribution >= 4 is 29.2 Å². The Kier molecular flexibility index (Phi) is 6.64. The number of ether oxygens (including phenoxy) is 2. The summed E-state index contributed by atoms with van der Waals surface area (Å²) in [5.74, 6) is -0.217. The highest BCUT2D eigenvalue weighted by molar-refractivity contribution is 6.33. The van der Waals surface area contributed by atoms with Gasteiger partial charge >= 0.3 is 5.97 Å². The molecule has 0 aromatic heterocycles. The molecule has 2 aromatic rings. The lowest BCUT2D eigenvalue weighted by atomic mass is 10.1. The Morgan fingerprint density at radius 3 is 2.35 bits per heavy atom. The van der Waals surface area contributed by atoms with Crippen LogP contribution in [-0.2, 0) is 9.53 Å². The second kappa shape index (κ2) is 8.72. The van der Waals surface area contributed by atoms with Crippen LogP contribution in [0.1, 0.15) is 34.8 Å². The number of benzene rings is 2. The Morgan fingerprint density at radius 2 is 1.77 bits per heavy atom. The fraction of sp³-hybridized carbons (Fsp3) is 0.300. The van der Waals surface area contributed by atoms with Crippen LogP contribution in [0.4, 0.5) is 5.69 Å². The van der Waals surface area contributed by atoms with Crippen LogP contribution in [0, 0.1) is 13.8 Å². The molecule has 26 heavy (non-hydrogen) atoms. The van der Waals surface area contributed by atoms with Crippen molar-refractivity contribution in [3.63, 3.8) is 0 Å². The van der Waals surface area contributed by atoms with Gasteiger partial charge in [-0.25, -0.2) is 4.79 Å². The van der Waals surface area contributed by atoms with Crippen molar-refractivity contribution in [3.8, 4) is 5.75 Å². The molecule has 1 atom stereocenters. The number of aryl methyl sites for hydroxylation is 2. The van der Waals surface area contributed by atoms with Crippen molar-refractivity contribution in [3.05, 3.63) is 58.1 Å². The van der Waals surface area contributed by atoms with Crippen LogP contribution >= 0.6 is 11.6 Å². The first-order chi connectivity index (χ1) is 12.3. The number of hydrogen-bond acceptors (Lipinski definition) is 4. The van der Waals surface area contributed by atoms with E-state index in [9.17, 15) is 9.59 Å². The largest absolute Gasteiger partial charge is 0.481 e. The topological polar surface area (TPSA) is 64.6 Å². The van der Waals surface area contributed by atoms with E-state index in [1.54, 1.807) is 6.07 Å². The van der Waals surface area contributed by atoms with Gasteiger partial charge in [0.2, 0.25) is 0 Å². The van der Waals surface area contributed by atoms with E-state index in [0.717, 1.165) is 11.1 Å². The molecule has 6 heteroatoms. The molecular weight excluding hydrogens is 354 g/mol. The number of carbonyl (C=O) groups is 2. The van der Waals surface area contributed by atoms with Crippen molar-refractivity contribution in [2.45, 2.75) is 33.3 Å². The molecule has 0 aliphatic rings. The van der Waals surface area contributed by atoms with Crippen LogP contribution in [0.15, 0.2) is 36.4 Å². The Hall–Kier alpha value is -2.53. The predicted octanol–water partition coefficient (Wildman–Crippen LogP) is 4.54. The van der Waals surface area contributed by atoms with Gasteiger partial charge in [-0.15, -0.1) is 0 Å². The van der Waals surface area contributed by atoms with E-state index >= 15 is 0 Å². The lowest BCUT2D eigenvalue weighted by Crippen LogP contribution is -2.32. The number of anilines is 1. The number of carbonyl (C=O) groups excluding carboxylic acids is 2. The van der Waals surface area contributed by atoms with Crippen LogP contribution < -0.4 is 10.1 Å². The SMILES string of the molecule is CCC(Oc1cc(C)cc(C)c1)C(=O)Nc1ccc(Cl)c(C(=O)OC)c1. The Labute approximate surface area is 158 Å². The summed E-state index contributed by atoms with van der Waals surface area (Å²) < 4.78 is 10.5. The second-order valence-electron chi connectivity index (χ2n) is 6.01. The van der Waals surface area contributed by atoms with Gasteiger partial charge in [0.15, 0.2) is 6.10 Å². The minimum Gasteiger partial charge on any atom is -0.481 e. The third-order valence-electron chi connectivity index (χ3n) is 3.78. The molecule has 2 rings (SSSR count). The lowest BCUT2D eigenvalue weighted by molar-refractivity contribution is -0.122. The zero-order valence-corrected chi connectivity index (χ0v) is 16.0. The Bertz CT molecular complexity index is 799. The molecule has 0 saturated carbocycles. The highest BCUT2D eigenvalue weighted by Crippen LogP contribution is 2.23. The standard InChI is InChI=1S/C20H22ClNO4/c1-5-18(26-15-9-12(2)8-13(3)10-15)19(23)22-14-6-7-17(21)16(11-14)20(24)25-4/h6-11,18H,5H2,1-4H3,(H,22,23).